The van der Waals surface area contributed by atoms with Crippen LogP contribution >= 0.6 is 27.5 Å². The van der Waals surface area contributed by atoms with Gasteiger partial charge in [-0.2, -0.15) is 0 Å². The van der Waals surface area contributed by atoms with Crippen LogP contribution in [0, 0.1) is 10.1 Å². The Balaban J connectivity index is 1.89. The Hall–Kier alpha value is -2.84. The zero-order chi connectivity index (χ0) is 20.1. The van der Waals surface area contributed by atoms with Crippen molar-refractivity contribution in [3.05, 3.63) is 91.8 Å². The van der Waals surface area contributed by atoms with Gasteiger partial charge in [0.05, 0.1) is 22.9 Å². The fourth-order valence-electron chi connectivity index (χ4n) is 2.71. The molecule has 9 heteroatoms. The fourth-order valence-corrected chi connectivity index (χ4v) is 3.16. The van der Waals surface area contributed by atoms with Gasteiger partial charge in [-0.3, -0.25) is 10.1 Å². The lowest BCUT2D eigenvalue weighted by Gasteiger charge is -2.19. The number of nitrogens with one attached hydrogen (secondary N) is 1. The Morgan fingerprint density at radius 2 is 2.04 bits per heavy atom. The van der Waals surface area contributed by atoms with Crippen molar-refractivity contribution in [2.75, 3.05) is 5.32 Å². The summed E-state index contributed by atoms with van der Waals surface area (Å²) in [6, 6.07) is 14.9. The third-order valence-electron chi connectivity index (χ3n) is 4.07. The van der Waals surface area contributed by atoms with E-state index in [0.29, 0.717) is 17.2 Å². The number of rotatable bonds is 7. The monoisotopic (exact) mass is 463 g/mol. The third kappa shape index (κ3) is 4.71. The van der Waals surface area contributed by atoms with Crippen molar-refractivity contribution in [1.82, 2.24) is 0 Å². The number of anilines is 1. The molecule has 0 aliphatic carbocycles. The number of oxime groups is 1. The maximum Gasteiger partial charge on any atom is 0.289 e. The van der Waals surface area contributed by atoms with E-state index in [4.69, 9.17) is 16.0 Å². The molecule has 1 aromatic heterocycles. The summed E-state index contributed by atoms with van der Waals surface area (Å²) in [6.07, 6.45) is 1.81. The van der Waals surface area contributed by atoms with E-state index in [1.165, 1.54) is 18.4 Å². The van der Waals surface area contributed by atoms with Crippen LogP contribution in [-0.2, 0) is 0 Å². The highest BCUT2D eigenvalue weighted by molar-refractivity contribution is 9.10. The van der Waals surface area contributed by atoms with Gasteiger partial charge in [-0.05, 0) is 42.0 Å². The van der Waals surface area contributed by atoms with E-state index in [-0.39, 0.29) is 17.1 Å². The molecule has 1 atom stereocenters. The van der Waals surface area contributed by atoms with Crippen LogP contribution in [-0.4, -0.2) is 15.8 Å². The van der Waals surface area contributed by atoms with Crippen LogP contribution in [0.2, 0.25) is 5.02 Å². The minimum atomic E-state index is -0.544. The first-order valence-electron chi connectivity index (χ1n) is 8.18. The zero-order valence-corrected chi connectivity index (χ0v) is 16.7. The maximum absolute atomic E-state index is 11.1. The number of hydrogen-bond acceptors (Lipinski definition) is 6. The molecule has 0 bridgehead atoms. The van der Waals surface area contributed by atoms with Crippen LogP contribution in [0.1, 0.15) is 23.8 Å². The molecule has 0 spiro atoms. The number of halogens is 2. The van der Waals surface area contributed by atoms with Gasteiger partial charge in [0.15, 0.2) is 0 Å². The summed E-state index contributed by atoms with van der Waals surface area (Å²) >= 11 is 9.25. The summed E-state index contributed by atoms with van der Waals surface area (Å²) in [4.78, 5) is 10.6. The van der Waals surface area contributed by atoms with E-state index >= 15 is 0 Å². The van der Waals surface area contributed by atoms with Crippen LogP contribution in [0.15, 0.2) is 74.9 Å². The SMILES string of the molecule is O=[N+]([O-])c1cc(NC(C/C(=N/O)c2ccc(Br)cc2)c2ccco2)ccc1Cl. The number of nitro groups is 1. The quantitative estimate of drug-likeness (QED) is 0.192. The second kappa shape index (κ2) is 8.90. The number of nitro benzene ring substituents is 1. The fraction of sp³-hybridized carbons (Fsp3) is 0.105. The first-order chi connectivity index (χ1) is 13.5. The highest BCUT2D eigenvalue weighted by Gasteiger charge is 2.21. The first kappa shape index (κ1) is 19.9. The second-order valence-electron chi connectivity index (χ2n) is 5.89. The molecule has 3 aromatic rings. The zero-order valence-electron chi connectivity index (χ0n) is 14.4. The molecule has 0 aliphatic heterocycles. The molecule has 0 aliphatic rings. The average molecular weight is 465 g/mol. The van der Waals surface area contributed by atoms with Crippen molar-refractivity contribution in [3.63, 3.8) is 0 Å². The molecular weight excluding hydrogens is 450 g/mol. The lowest BCUT2D eigenvalue weighted by molar-refractivity contribution is -0.384. The molecule has 2 N–H and O–H groups in total. The van der Waals surface area contributed by atoms with Crippen LogP contribution in [0.5, 0.6) is 0 Å². The van der Waals surface area contributed by atoms with Crippen molar-refractivity contribution < 1.29 is 14.5 Å². The molecule has 0 fully saturated rings. The first-order valence-corrected chi connectivity index (χ1v) is 9.36. The molecular formula is C19H15BrClN3O4. The van der Waals surface area contributed by atoms with Gasteiger partial charge >= 0.3 is 0 Å². The lowest BCUT2D eigenvalue weighted by Crippen LogP contribution is -2.16. The van der Waals surface area contributed by atoms with Gasteiger partial charge in [-0.1, -0.05) is 44.8 Å². The molecule has 0 saturated heterocycles. The highest BCUT2D eigenvalue weighted by atomic mass is 79.9. The van der Waals surface area contributed by atoms with Crippen LogP contribution in [0.3, 0.4) is 0 Å². The summed E-state index contributed by atoms with van der Waals surface area (Å²) in [7, 11) is 0. The largest absolute Gasteiger partial charge is 0.467 e. The van der Waals surface area contributed by atoms with Gasteiger partial charge in [0.25, 0.3) is 5.69 Å². The average Bonchev–Trinajstić information content (AvgIpc) is 3.22. The third-order valence-corrected chi connectivity index (χ3v) is 4.91. The predicted octanol–water partition coefficient (Wildman–Crippen LogP) is 6.03. The summed E-state index contributed by atoms with van der Waals surface area (Å²) in [5.41, 5.74) is 1.47. The number of furan rings is 1. The van der Waals surface area contributed by atoms with Crippen molar-refractivity contribution in [1.29, 1.82) is 0 Å². The minimum Gasteiger partial charge on any atom is -0.467 e. The van der Waals surface area contributed by atoms with Gasteiger partial charge in [0.2, 0.25) is 0 Å². The van der Waals surface area contributed by atoms with Gasteiger partial charge in [0, 0.05) is 22.6 Å². The molecule has 7 nitrogen and oxygen atoms in total. The van der Waals surface area contributed by atoms with Gasteiger partial charge in [0.1, 0.15) is 10.8 Å². The van der Waals surface area contributed by atoms with Crippen LogP contribution in [0.25, 0.3) is 0 Å². The van der Waals surface area contributed by atoms with E-state index in [1.54, 1.807) is 18.2 Å². The molecule has 0 radical (unpaired) electrons. The molecule has 0 saturated carbocycles. The summed E-state index contributed by atoms with van der Waals surface area (Å²) in [5.74, 6) is 0.593. The molecule has 0 amide bonds. The van der Waals surface area contributed by atoms with Crippen LogP contribution < -0.4 is 5.32 Å². The molecule has 1 heterocycles. The number of nitrogens with zero attached hydrogens (tertiary/aromatic N) is 2. The smallest absolute Gasteiger partial charge is 0.289 e. The predicted molar refractivity (Wildman–Crippen MR) is 110 cm³/mol. The van der Waals surface area contributed by atoms with E-state index in [0.717, 1.165) is 10.0 Å². The summed E-state index contributed by atoms with van der Waals surface area (Å²) < 4.78 is 6.41. The highest BCUT2D eigenvalue weighted by Crippen LogP contribution is 2.31. The Morgan fingerprint density at radius 3 is 2.64 bits per heavy atom. The Labute approximate surface area is 173 Å². The molecule has 144 valence electrons. The number of benzene rings is 2. The van der Waals surface area contributed by atoms with Crippen LogP contribution in [0.4, 0.5) is 11.4 Å². The minimum absolute atomic E-state index is 0.0533. The molecule has 2 aromatic carbocycles. The second-order valence-corrected chi connectivity index (χ2v) is 7.22. The molecule has 28 heavy (non-hydrogen) atoms. The summed E-state index contributed by atoms with van der Waals surface area (Å²) in [5, 5.41) is 27.3. The lowest BCUT2D eigenvalue weighted by atomic mass is 10.0. The van der Waals surface area contributed by atoms with Crippen molar-refractivity contribution in [2.45, 2.75) is 12.5 Å². The van der Waals surface area contributed by atoms with Crippen molar-refractivity contribution in [2.24, 2.45) is 5.16 Å². The van der Waals surface area contributed by atoms with E-state index in [1.807, 2.05) is 24.3 Å². The van der Waals surface area contributed by atoms with Gasteiger partial charge < -0.3 is 14.9 Å². The van der Waals surface area contributed by atoms with E-state index < -0.39 is 11.0 Å². The van der Waals surface area contributed by atoms with E-state index in [2.05, 4.69) is 26.4 Å². The molecule has 3 rings (SSSR count). The standard InChI is InChI=1S/C19H15BrClN3O4/c20-13-5-3-12(4-6-13)16(23-25)11-17(19-2-1-9-28-19)22-14-7-8-15(21)18(10-14)24(26)27/h1-10,17,22,25H,11H2/b23-16-. The van der Waals surface area contributed by atoms with E-state index in [9.17, 15) is 15.3 Å². The normalized spacial score (nSPS) is 12.6. The Kier molecular flexibility index (Phi) is 6.33. The topological polar surface area (TPSA) is 101 Å². The van der Waals surface area contributed by atoms with Gasteiger partial charge in [-0.15, -0.1) is 0 Å². The summed E-state index contributed by atoms with van der Waals surface area (Å²) in [6.45, 7) is 0. The van der Waals surface area contributed by atoms with Crippen molar-refractivity contribution in [3.8, 4) is 0 Å². The Bertz CT molecular complexity index is 991. The maximum atomic E-state index is 11.1. The van der Waals surface area contributed by atoms with Gasteiger partial charge in [-0.25, -0.2) is 0 Å². The molecule has 1 unspecified atom stereocenters. The van der Waals surface area contributed by atoms with Crippen molar-refractivity contribution >= 4 is 44.6 Å². The Morgan fingerprint density at radius 1 is 1.29 bits per heavy atom. The number of hydrogen-bond donors (Lipinski definition) is 2.